The summed E-state index contributed by atoms with van der Waals surface area (Å²) < 4.78 is 5.37. The first-order valence-corrected chi connectivity index (χ1v) is 4.71. The van der Waals surface area contributed by atoms with Crippen molar-refractivity contribution in [3.63, 3.8) is 0 Å². The molecule has 0 aromatic heterocycles. The molecule has 1 rings (SSSR count). The third-order valence-corrected chi connectivity index (χ3v) is 1.95. The van der Waals surface area contributed by atoms with Gasteiger partial charge in [0.1, 0.15) is 18.6 Å². The first-order chi connectivity index (χ1) is 7.26. The zero-order valence-electron chi connectivity index (χ0n) is 8.64. The molecule has 0 aliphatic carbocycles. The van der Waals surface area contributed by atoms with Crippen LogP contribution in [0.15, 0.2) is 35.9 Å². The van der Waals surface area contributed by atoms with Gasteiger partial charge in [0.2, 0.25) is 0 Å². The van der Waals surface area contributed by atoms with Gasteiger partial charge in [-0.15, -0.1) is 0 Å². The van der Waals surface area contributed by atoms with Crippen LogP contribution in [0.1, 0.15) is 17.3 Å². The summed E-state index contributed by atoms with van der Waals surface area (Å²) in [6, 6.07) is 6.88. The van der Waals surface area contributed by atoms with E-state index in [1.54, 1.807) is 24.3 Å². The molecule has 0 amide bonds. The van der Waals surface area contributed by atoms with Crippen LogP contribution in [-0.4, -0.2) is 24.6 Å². The number of hydrogen-bond donors (Lipinski definition) is 1. The van der Waals surface area contributed by atoms with Gasteiger partial charge in [0, 0.05) is 5.56 Å². The number of aliphatic hydroxyl groups excluding tert-OH is 1. The molecule has 1 aromatic carbocycles. The van der Waals surface area contributed by atoms with Crippen molar-refractivity contribution in [1.29, 1.82) is 0 Å². The Hall–Kier alpha value is -1.61. The van der Waals surface area contributed by atoms with Crippen LogP contribution in [0.25, 0.3) is 0 Å². The third kappa shape index (κ3) is 3.95. The summed E-state index contributed by atoms with van der Waals surface area (Å²) in [6.45, 7) is 2.30. The van der Waals surface area contributed by atoms with E-state index in [0.717, 1.165) is 11.9 Å². The second-order valence-electron chi connectivity index (χ2n) is 3.21. The minimum Gasteiger partial charge on any atom is -0.490 e. The molecule has 0 fully saturated rings. The topological polar surface area (TPSA) is 46.5 Å². The van der Waals surface area contributed by atoms with Crippen LogP contribution in [0.4, 0.5) is 0 Å². The number of ether oxygens (including phenoxy) is 1. The number of carbonyl (C=O) groups is 1. The quantitative estimate of drug-likeness (QED) is 0.590. The normalized spacial score (nSPS) is 11.2. The average molecular weight is 206 g/mol. The van der Waals surface area contributed by atoms with Crippen LogP contribution in [0.3, 0.4) is 0 Å². The minimum absolute atomic E-state index is 0.0490. The van der Waals surface area contributed by atoms with Gasteiger partial charge in [-0.25, -0.2) is 0 Å². The van der Waals surface area contributed by atoms with Gasteiger partial charge < -0.3 is 9.84 Å². The van der Waals surface area contributed by atoms with Gasteiger partial charge in [-0.2, -0.15) is 0 Å². The second kappa shape index (κ2) is 5.98. The summed E-state index contributed by atoms with van der Waals surface area (Å²) >= 11 is 0. The van der Waals surface area contributed by atoms with Gasteiger partial charge in [-0.05, 0) is 42.8 Å². The molecule has 0 unspecified atom stereocenters. The molecule has 0 spiro atoms. The Kier molecular flexibility index (Phi) is 4.57. The van der Waals surface area contributed by atoms with E-state index in [0.29, 0.717) is 17.9 Å². The Morgan fingerprint density at radius 3 is 2.60 bits per heavy atom. The molecular weight excluding hydrogens is 192 g/mol. The standard InChI is InChI=1S/C12H14O3/c1-10(8-13)6-7-15-12-4-2-11(9-14)3-5-12/h2-6,9,13H,7-8H2,1H3/b10-6+. The van der Waals surface area contributed by atoms with Crippen LogP contribution >= 0.6 is 0 Å². The molecular formula is C12H14O3. The molecule has 3 nitrogen and oxygen atoms in total. The maximum Gasteiger partial charge on any atom is 0.150 e. The molecule has 0 aliphatic heterocycles. The van der Waals surface area contributed by atoms with E-state index in [4.69, 9.17) is 9.84 Å². The first kappa shape index (κ1) is 11.5. The third-order valence-electron chi connectivity index (χ3n) is 1.95. The first-order valence-electron chi connectivity index (χ1n) is 4.71. The summed E-state index contributed by atoms with van der Waals surface area (Å²) in [4.78, 5) is 10.4. The zero-order valence-corrected chi connectivity index (χ0v) is 8.64. The Labute approximate surface area is 89.0 Å². The van der Waals surface area contributed by atoms with Crippen molar-refractivity contribution < 1.29 is 14.6 Å². The second-order valence-corrected chi connectivity index (χ2v) is 3.21. The number of benzene rings is 1. The van der Waals surface area contributed by atoms with E-state index < -0.39 is 0 Å². The van der Waals surface area contributed by atoms with Crippen LogP contribution in [-0.2, 0) is 0 Å². The Balaban J connectivity index is 2.48. The molecule has 80 valence electrons. The zero-order chi connectivity index (χ0) is 11.1. The van der Waals surface area contributed by atoms with Crippen LogP contribution in [0.2, 0.25) is 0 Å². The fraction of sp³-hybridized carbons (Fsp3) is 0.250. The molecule has 0 saturated carbocycles. The van der Waals surface area contributed by atoms with Gasteiger partial charge >= 0.3 is 0 Å². The molecule has 0 saturated heterocycles. The molecule has 3 heteroatoms. The number of rotatable bonds is 5. The van der Waals surface area contributed by atoms with E-state index in [1.807, 2.05) is 13.0 Å². The van der Waals surface area contributed by atoms with E-state index in [1.165, 1.54) is 0 Å². The van der Waals surface area contributed by atoms with Crippen molar-refractivity contribution in [3.05, 3.63) is 41.5 Å². The molecule has 0 heterocycles. The van der Waals surface area contributed by atoms with E-state index in [-0.39, 0.29) is 6.61 Å². The number of aldehydes is 1. The summed E-state index contributed by atoms with van der Waals surface area (Å²) in [5, 5.41) is 8.74. The lowest BCUT2D eigenvalue weighted by molar-refractivity contribution is 0.112. The largest absolute Gasteiger partial charge is 0.490 e. The highest BCUT2D eigenvalue weighted by atomic mass is 16.5. The summed E-state index contributed by atoms with van der Waals surface area (Å²) in [5.41, 5.74) is 1.50. The maximum atomic E-state index is 10.4. The fourth-order valence-electron chi connectivity index (χ4n) is 0.987. The maximum absolute atomic E-state index is 10.4. The van der Waals surface area contributed by atoms with Crippen LogP contribution in [0.5, 0.6) is 5.75 Å². The smallest absolute Gasteiger partial charge is 0.150 e. The highest BCUT2D eigenvalue weighted by Gasteiger charge is 1.93. The SMILES string of the molecule is C/C(=C\COc1ccc(C=O)cc1)CO. The number of carbonyl (C=O) groups excluding carboxylic acids is 1. The lowest BCUT2D eigenvalue weighted by atomic mass is 10.2. The van der Waals surface area contributed by atoms with Gasteiger partial charge in [-0.1, -0.05) is 0 Å². The Morgan fingerprint density at radius 2 is 2.07 bits per heavy atom. The van der Waals surface area contributed by atoms with Gasteiger partial charge in [0.25, 0.3) is 0 Å². The van der Waals surface area contributed by atoms with Crippen molar-refractivity contribution in [1.82, 2.24) is 0 Å². The predicted molar refractivity (Wildman–Crippen MR) is 58.2 cm³/mol. The van der Waals surface area contributed by atoms with Crippen molar-refractivity contribution in [2.75, 3.05) is 13.2 Å². The molecule has 1 aromatic rings. The van der Waals surface area contributed by atoms with Crippen molar-refractivity contribution in [2.24, 2.45) is 0 Å². The fourth-order valence-corrected chi connectivity index (χ4v) is 0.987. The van der Waals surface area contributed by atoms with Gasteiger partial charge in [-0.3, -0.25) is 4.79 Å². The highest BCUT2D eigenvalue weighted by molar-refractivity contribution is 5.74. The molecule has 0 bridgehead atoms. The highest BCUT2D eigenvalue weighted by Crippen LogP contribution is 2.11. The Morgan fingerprint density at radius 1 is 1.40 bits per heavy atom. The summed E-state index contributed by atoms with van der Waals surface area (Å²) in [5.74, 6) is 0.711. The van der Waals surface area contributed by atoms with E-state index in [2.05, 4.69) is 0 Å². The predicted octanol–water partition coefficient (Wildman–Crippen LogP) is 1.82. The molecule has 0 radical (unpaired) electrons. The molecule has 15 heavy (non-hydrogen) atoms. The molecule has 0 atom stereocenters. The van der Waals surface area contributed by atoms with Crippen molar-refractivity contribution in [3.8, 4) is 5.75 Å². The van der Waals surface area contributed by atoms with Crippen molar-refractivity contribution >= 4 is 6.29 Å². The van der Waals surface area contributed by atoms with Crippen LogP contribution < -0.4 is 4.74 Å². The van der Waals surface area contributed by atoms with Crippen molar-refractivity contribution in [2.45, 2.75) is 6.92 Å². The van der Waals surface area contributed by atoms with E-state index in [9.17, 15) is 4.79 Å². The van der Waals surface area contributed by atoms with Crippen LogP contribution in [0, 0.1) is 0 Å². The number of aliphatic hydroxyl groups is 1. The molecule has 1 N–H and O–H groups in total. The molecule has 0 aliphatic rings. The van der Waals surface area contributed by atoms with E-state index >= 15 is 0 Å². The minimum atomic E-state index is 0.0490. The van der Waals surface area contributed by atoms with Gasteiger partial charge in [0.05, 0.1) is 6.61 Å². The average Bonchev–Trinajstić information content (AvgIpc) is 2.29. The Bertz CT molecular complexity index is 338. The lowest BCUT2D eigenvalue weighted by Crippen LogP contribution is -1.96. The number of hydrogen-bond acceptors (Lipinski definition) is 3. The summed E-state index contributed by atoms with van der Waals surface area (Å²) in [6.07, 6.45) is 2.60. The summed E-state index contributed by atoms with van der Waals surface area (Å²) in [7, 11) is 0. The van der Waals surface area contributed by atoms with Gasteiger partial charge in [0.15, 0.2) is 0 Å². The lowest BCUT2D eigenvalue weighted by Gasteiger charge is -2.03. The monoisotopic (exact) mass is 206 g/mol.